The second-order valence-electron chi connectivity index (χ2n) is 11.3. The van der Waals surface area contributed by atoms with Crippen molar-refractivity contribution in [2.45, 2.75) is 61.7 Å². The number of aliphatic hydroxyl groups excluding tert-OH is 3. The Balaban J connectivity index is 0. The van der Waals surface area contributed by atoms with Crippen molar-refractivity contribution in [3.8, 4) is 0 Å². The summed E-state index contributed by atoms with van der Waals surface area (Å²) in [5.74, 6) is -0.729. The van der Waals surface area contributed by atoms with Crippen molar-refractivity contribution < 1.29 is 90.3 Å². The second-order valence-corrected chi connectivity index (χ2v) is 13.5. The van der Waals surface area contributed by atoms with E-state index in [2.05, 4.69) is 17.6 Å². The van der Waals surface area contributed by atoms with E-state index in [1.165, 1.54) is 28.9 Å². The van der Waals surface area contributed by atoms with E-state index in [0.717, 1.165) is 40.5 Å². The number of nitrogens with one attached hydrogen (secondary N) is 2. The molecule has 4 aromatic heterocycles. The number of aliphatic hydroxyl groups is 3. The summed E-state index contributed by atoms with van der Waals surface area (Å²) in [6.45, 7) is 10.6. The van der Waals surface area contributed by atoms with E-state index < -0.39 is 5.91 Å². The van der Waals surface area contributed by atoms with E-state index >= 15 is 0 Å². The molecule has 0 saturated heterocycles. The van der Waals surface area contributed by atoms with Crippen molar-refractivity contribution in [3.05, 3.63) is 78.1 Å². The van der Waals surface area contributed by atoms with Crippen LogP contribution in [-0.4, -0.2) is 86.3 Å². The molecule has 0 saturated carbocycles. The Morgan fingerprint density at radius 2 is 1.12 bits per heavy atom. The quantitative estimate of drug-likeness (QED) is 0.118. The first-order valence-corrected chi connectivity index (χ1v) is 17.3. The standard InChI is InChI=1S/C17H24N3O3S.C16H22N3O4S.2CH4.2Y/c1-5-11-13(10-19(3)7-8-21)24-16-14(11)20(4)9-12(15(16)22)17(23)18-6-2;1-4-17-16(23)10-7-19(3)13-11(9-21)12(8-18(2)5-6-20)24-15(13)14(10)22;;;;/h8-9,21H,5-7,10H2,1-4H3,(H,18,23);6-7,20-21H,4-5,8-9H2,1-3H3,(H,17,23);2*1H4;;/q2*-1;;;;. The van der Waals surface area contributed by atoms with Gasteiger partial charge in [-0.25, -0.2) is 13.2 Å². The third-order valence-electron chi connectivity index (χ3n) is 7.67. The first kappa shape index (κ1) is 52.9. The van der Waals surface area contributed by atoms with Crippen LogP contribution in [0.3, 0.4) is 0 Å². The van der Waals surface area contributed by atoms with Crippen molar-refractivity contribution in [3.63, 3.8) is 0 Å². The Morgan fingerprint density at radius 1 is 0.750 bits per heavy atom. The van der Waals surface area contributed by atoms with Crippen LogP contribution in [0, 0.1) is 13.2 Å². The first-order chi connectivity index (χ1) is 22.9. The predicted octanol–water partition coefficient (Wildman–Crippen LogP) is 3.95. The third-order valence-corrected chi connectivity index (χ3v) is 10.1. The van der Waals surface area contributed by atoms with Crippen LogP contribution in [-0.2, 0) is 106 Å². The number of pyridine rings is 2. The molecule has 2 amide bonds. The van der Waals surface area contributed by atoms with Crippen LogP contribution in [0.5, 0.6) is 0 Å². The average Bonchev–Trinajstić information content (AvgIpc) is 3.60. The van der Waals surface area contributed by atoms with Crippen LogP contribution < -0.4 is 21.5 Å². The fraction of sp³-hybridized carbons (Fsp3) is 0.486. The van der Waals surface area contributed by atoms with Gasteiger partial charge in [0.05, 0.1) is 27.0 Å². The van der Waals surface area contributed by atoms with Gasteiger partial charge in [-0.1, -0.05) is 21.8 Å². The number of rotatable bonds is 14. The fourth-order valence-electron chi connectivity index (χ4n) is 5.45. The molecule has 0 unspecified atom stereocenters. The van der Waals surface area contributed by atoms with Crippen LogP contribution in [0.4, 0.5) is 0 Å². The summed E-state index contributed by atoms with van der Waals surface area (Å²) in [4.78, 5) is 55.4. The van der Waals surface area contributed by atoms with Crippen molar-refractivity contribution in [2.75, 3.05) is 40.3 Å². The van der Waals surface area contributed by atoms with E-state index in [1.807, 2.05) is 42.4 Å². The molecule has 4 rings (SSSR count). The molecule has 5 N–H and O–H groups in total. The molecule has 13 nitrogen and oxygen atoms in total. The summed E-state index contributed by atoms with van der Waals surface area (Å²) in [6.07, 6.45) is 3.94. The Labute approximate surface area is 365 Å². The minimum Gasteiger partial charge on any atom is -0.565 e. The number of aryl methyl sites for hydroxylation is 3. The molecule has 0 aromatic carbocycles. The van der Waals surface area contributed by atoms with Gasteiger partial charge in [0, 0.05) is 133 Å². The van der Waals surface area contributed by atoms with Crippen LogP contribution >= 0.6 is 22.7 Å². The largest absolute Gasteiger partial charge is 0.565 e. The van der Waals surface area contributed by atoms with Gasteiger partial charge in [-0.15, -0.1) is 35.8 Å². The van der Waals surface area contributed by atoms with Gasteiger partial charge in [0.15, 0.2) is 0 Å². The molecule has 52 heavy (non-hydrogen) atoms. The Morgan fingerprint density at radius 3 is 1.44 bits per heavy atom. The molecule has 17 heteroatoms. The minimum atomic E-state index is -0.396. The second kappa shape index (κ2) is 25.0. The number of hydrogen-bond donors (Lipinski definition) is 5. The summed E-state index contributed by atoms with van der Waals surface area (Å²) in [5.41, 5.74) is 3.10. The molecule has 0 aliphatic heterocycles. The molecule has 0 fully saturated rings. The summed E-state index contributed by atoms with van der Waals surface area (Å²) >= 11 is 2.73. The van der Waals surface area contributed by atoms with E-state index in [0.29, 0.717) is 59.7 Å². The van der Waals surface area contributed by atoms with Gasteiger partial charge in [0.2, 0.25) is 10.9 Å². The SMILES string of the molecule is C.C.CCNC(=O)c1cn(C)c2c(CC)c(CN(C)C[CH-]O)sc2c1=O.CCNC(=O)c1cn(C)c2c(CO)c(CN(C)C[CH-]O)sc2c1=O.[Y].[Y]. The van der Waals surface area contributed by atoms with Gasteiger partial charge in [-0.05, 0) is 39.9 Å². The van der Waals surface area contributed by atoms with Crippen LogP contribution in [0.15, 0.2) is 22.0 Å². The number of hydrogen-bond acceptors (Lipinski definition) is 11. The molecule has 0 aliphatic carbocycles. The van der Waals surface area contributed by atoms with Crippen molar-refractivity contribution >= 4 is 54.9 Å². The zero-order valence-corrected chi connectivity index (χ0v) is 37.0. The Hall–Kier alpha value is -1.23. The minimum absolute atomic E-state index is 0. The maximum Gasteiger partial charge on any atom is 0.256 e. The Kier molecular flexibility index (Phi) is 25.4. The van der Waals surface area contributed by atoms with Gasteiger partial charge >= 0.3 is 0 Å². The third kappa shape index (κ3) is 12.4. The molecule has 0 spiro atoms. The number of amides is 2. The van der Waals surface area contributed by atoms with Gasteiger partial charge < -0.3 is 44.9 Å². The maximum atomic E-state index is 12.8. The number of thiophene rings is 2. The first-order valence-electron chi connectivity index (χ1n) is 15.6. The molecule has 2 radical (unpaired) electrons. The van der Waals surface area contributed by atoms with Gasteiger partial charge in [0.25, 0.3) is 11.8 Å². The number of aromatic nitrogens is 2. The molecule has 4 heterocycles. The molecule has 0 atom stereocenters. The summed E-state index contributed by atoms with van der Waals surface area (Å²) in [5, 5.41) is 33.0. The van der Waals surface area contributed by atoms with Gasteiger partial charge in [-0.2, -0.15) is 0 Å². The van der Waals surface area contributed by atoms with Crippen LogP contribution in [0.2, 0.25) is 0 Å². The van der Waals surface area contributed by atoms with Gasteiger partial charge in [-0.3, -0.25) is 19.2 Å². The molecular formula is C35H54N6O7S2Y2-2. The van der Waals surface area contributed by atoms with Crippen LogP contribution in [0.25, 0.3) is 20.4 Å². The average molecular weight is 913 g/mol. The molecule has 0 aliphatic rings. The summed E-state index contributed by atoms with van der Waals surface area (Å²) in [7, 11) is 7.36. The molecule has 0 bridgehead atoms. The van der Waals surface area contributed by atoms with E-state index in [-0.39, 0.29) is 115 Å². The normalized spacial score (nSPS) is 10.5. The van der Waals surface area contributed by atoms with Crippen LogP contribution in [0.1, 0.15) is 77.2 Å². The smallest absolute Gasteiger partial charge is 0.256 e. The summed E-state index contributed by atoms with van der Waals surface area (Å²) in [6, 6.07) is 0. The van der Waals surface area contributed by atoms with E-state index in [4.69, 9.17) is 10.2 Å². The fourth-order valence-corrected chi connectivity index (χ4v) is 8.30. The Bertz CT molecular complexity index is 1740. The number of nitrogens with zero attached hydrogens (tertiary/aromatic N) is 4. The van der Waals surface area contributed by atoms with Gasteiger partial charge in [0.1, 0.15) is 11.1 Å². The van der Waals surface area contributed by atoms with Crippen molar-refractivity contribution in [1.82, 2.24) is 29.6 Å². The van der Waals surface area contributed by atoms with E-state index in [9.17, 15) is 24.3 Å². The zero-order chi connectivity index (χ0) is 35.7. The zero-order valence-electron chi connectivity index (χ0n) is 29.7. The molecular weight excluding hydrogens is 858 g/mol. The monoisotopic (exact) mass is 912 g/mol. The number of carbonyl (C=O) groups excluding carboxylic acids is 2. The van der Waals surface area contributed by atoms with Crippen molar-refractivity contribution in [2.24, 2.45) is 14.1 Å². The number of carbonyl (C=O) groups is 2. The van der Waals surface area contributed by atoms with E-state index in [1.54, 1.807) is 24.7 Å². The number of fused-ring (bicyclic) bond motifs is 2. The molecule has 4 aromatic rings. The number of likely N-dealkylation sites (N-methyl/N-ethyl adjacent to an activating group) is 2. The topological polar surface area (TPSA) is 169 Å². The summed E-state index contributed by atoms with van der Waals surface area (Å²) < 4.78 is 4.67. The maximum absolute atomic E-state index is 12.8. The van der Waals surface area contributed by atoms with Crippen molar-refractivity contribution in [1.29, 1.82) is 0 Å². The predicted molar refractivity (Wildman–Crippen MR) is 204 cm³/mol. The molecule has 286 valence electrons.